The summed E-state index contributed by atoms with van der Waals surface area (Å²) in [4.78, 5) is 2.52. The molecule has 3 nitrogen and oxygen atoms in total. The van der Waals surface area contributed by atoms with Crippen LogP contribution >= 0.6 is 0 Å². The number of nitrogens with zero attached hydrogens (tertiary/aromatic N) is 1. The molecule has 0 aromatic rings. The number of ether oxygens (including phenoxy) is 1. The van der Waals surface area contributed by atoms with Crippen LogP contribution in [-0.4, -0.2) is 50.8 Å². The fraction of sp³-hybridized carbons (Fsp3) is 1.00. The van der Waals surface area contributed by atoms with Gasteiger partial charge in [-0.25, -0.2) is 0 Å². The molecule has 0 amide bonds. The van der Waals surface area contributed by atoms with Gasteiger partial charge in [-0.3, -0.25) is 4.90 Å². The minimum Gasteiger partial charge on any atom is -0.383 e. The molecular formula is C18H38N2O. The summed E-state index contributed by atoms with van der Waals surface area (Å²) in [6.07, 6.45) is 6.50. The van der Waals surface area contributed by atoms with E-state index in [0.717, 1.165) is 25.6 Å². The fourth-order valence-electron chi connectivity index (χ4n) is 3.60. The van der Waals surface area contributed by atoms with Crippen molar-refractivity contribution >= 4 is 0 Å². The van der Waals surface area contributed by atoms with Gasteiger partial charge in [-0.15, -0.1) is 0 Å². The Morgan fingerprint density at radius 1 is 1.24 bits per heavy atom. The predicted octanol–water partition coefficient (Wildman–Crippen LogP) is 3.54. The minimum absolute atomic E-state index is 0.468. The van der Waals surface area contributed by atoms with Crippen LogP contribution in [0.25, 0.3) is 0 Å². The lowest BCUT2D eigenvalue weighted by molar-refractivity contribution is 0.0494. The molecule has 0 aromatic heterocycles. The summed E-state index contributed by atoms with van der Waals surface area (Å²) in [5, 5.41) is 3.79. The second-order valence-corrected chi connectivity index (χ2v) is 7.45. The molecule has 1 N–H and O–H groups in total. The first-order valence-corrected chi connectivity index (χ1v) is 8.88. The molecule has 21 heavy (non-hydrogen) atoms. The van der Waals surface area contributed by atoms with E-state index in [1.807, 2.05) is 0 Å². The second kappa shape index (κ2) is 9.12. The van der Waals surface area contributed by atoms with Gasteiger partial charge in [-0.05, 0) is 50.6 Å². The van der Waals surface area contributed by atoms with Crippen LogP contribution in [0.2, 0.25) is 0 Å². The van der Waals surface area contributed by atoms with Gasteiger partial charge in [-0.1, -0.05) is 34.1 Å². The van der Waals surface area contributed by atoms with Crippen LogP contribution < -0.4 is 5.32 Å². The highest BCUT2D eigenvalue weighted by Gasteiger charge is 2.38. The van der Waals surface area contributed by atoms with Crippen LogP contribution in [0, 0.1) is 11.3 Å². The van der Waals surface area contributed by atoms with E-state index in [4.69, 9.17) is 4.74 Å². The lowest BCUT2D eigenvalue weighted by Gasteiger charge is -2.46. The highest BCUT2D eigenvalue weighted by molar-refractivity contribution is 4.94. The van der Waals surface area contributed by atoms with Crippen molar-refractivity contribution in [3.8, 4) is 0 Å². The van der Waals surface area contributed by atoms with Crippen LogP contribution in [0.4, 0.5) is 0 Å². The Hall–Kier alpha value is -0.120. The Morgan fingerprint density at radius 3 is 2.52 bits per heavy atom. The highest BCUT2D eigenvalue weighted by atomic mass is 16.5. The van der Waals surface area contributed by atoms with Gasteiger partial charge in [0, 0.05) is 25.7 Å². The molecule has 3 atom stereocenters. The Balaban J connectivity index is 2.71. The van der Waals surface area contributed by atoms with Gasteiger partial charge in [0.15, 0.2) is 0 Å². The number of hydrogen-bond acceptors (Lipinski definition) is 3. The van der Waals surface area contributed by atoms with Gasteiger partial charge >= 0.3 is 0 Å². The molecule has 0 aliphatic heterocycles. The molecule has 1 aliphatic rings. The van der Waals surface area contributed by atoms with E-state index in [9.17, 15) is 0 Å². The second-order valence-electron chi connectivity index (χ2n) is 7.45. The number of rotatable bonds is 9. The highest BCUT2D eigenvalue weighted by Crippen LogP contribution is 2.41. The van der Waals surface area contributed by atoms with Gasteiger partial charge in [-0.2, -0.15) is 0 Å². The van der Waals surface area contributed by atoms with E-state index in [-0.39, 0.29) is 0 Å². The zero-order chi connectivity index (χ0) is 15.9. The van der Waals surface area contributed by atoms with Gasteiger partial charge in [0.25, 0.3) is 0 Å². The first-order valence-electron chi connectivity index (χ1n) is 8.88. The first kappa shape index (κ1) is 18.9. The summed E-state index contributed by atoms with van der Waals surface area (Å²) >= 11 is 0. The zero-order valence-corrected chi connectivity index (χ0v) is 15.2. The standard InChI is InChI=1S/C18H38N2O/c1-7-11-19-16-10-9-15(18(3,4)8-2)14-17(16)20(5)12-13-21-6/h15-17,19H,7-14H2,1-6H3. The van der Waals surface area contributed by atoms with Gasteiger partial charge < -0.3 is 10.1 Å². The number of likely N-dealkylation sites (N-methyl/N-ethyl adjacent to an activating group) is 1. The van der Waals surface area contributed by atoms with E-state index in [2.05, 4.69) is 45.0 Å². The van der Waals surface area contributed by atoms with Crippen molar-refractivity contribution in [1.29, 1.82) is 0 Å². The summed E-state index contributed by atoms with van der Waals surface area (Å²) in [5.41, 5.74) is 0.468. The average Bonchev–Trinajstić information content (AvgIpc) is 2.50. The van der Waals surface area contributed by atoms with Crippen LogP contribution in [0.3, 0.4) is 0 Å². The van der Waals surface area contributed by atoms with Crippen molar-refractivity contribution in [2.45, 2.75) is 71.9 Å². The molecule has 0 radical (unpaired) electrons. The summed E-state index contributed by atoms with van der Waals surface area (Å²) in [6.45, 7) is 12.5. The zero-order valence-electron chi connectivity index (χ0n) is 15.2. The monoisotopic (exact) mass is 298 g/mol. The number of nitrogens with one attached hydrogen (secondary N) is 1. The molecular weight excluding hydrogens is 260 g/mol. The van der Waals surface area contributed by atoms with Crippen LogP contribution in [0.15, 0.2) is 0 Å². The molecule has 3 heteroatoms. The van der Waals surface area contributed by atoms with Crippen LogP contribution in [0.5, 0.6) is 0 Å². The van der Waals surface area contributed by atoms with Crippen molar-refractivity contribution in [1.82, 2.24) is 10.2 Å². The molecule has 0 heterocycles. The molecule has 126 valence electrons. The topological polar surface area (TPSA) is 24.5 Å². The van der Waals surface area contributed by atoms with Gasteiger partial charge in [0.2, 0.25) is 0 Å². The van der Waals surface area contributed by atoms with E-state index in [1.54, 1.807) is 7.11 Å². The lowest BCUT2D eigenvalue weighted by Crippen LogP contribution is -2.54. The predicted molar refractivity (Wildman–Crippen MR) is 91.8 cm³/mol. The largest absolute Gasteiger partial charge is 0.383 e. The van der Waals surface area contributed by atoms with E-state index < -0.39 is 0 Å². The molecule has 3 unspecified atom stereocenters. The molecule has 0 aromatic carbocycles. The molecule has 1 aliphatic carbocycles. The Kier molecular flexibility index (Phi) is 8.22. The van der Waals surface area contributed by atoms with Crippen LogP contribution in [-0.2, 0) is 4.74 Å². The van der Waals surface area contributed by atoms with E-state index in [0.29, 0.717) is 17.5 Å². The maximum atomic E-state index is 5.27. The molecule has 0 saturated heterocycles. The third-order valence-corrected chi connectivity index (χ3v) is 5.70. The molecule has 0 bridgehead atoms. The maximum Gasteiger partial charge on any atom is 0.0589 e. The van der Waals surface area contributed by atoms with Crippen molar-refractivity contribution in [2.75, 3.05) is 33.9 Å². The Morgan fingerprint density at radius 2 is 1.95 bits per heavy atom. The first-order chi connectivity index (χ1) is 9.96. The Bertz CT molecular complexity index is 280. The average molecular weight is 299 g/mol. The summed E-state index contributed by atoms with van der Waals surface area (Å²) in [6, 6.07) is 1.30. The Labute approximate surface area is 132 Å². The van der Waals surface area contributed by atoms with E-state index >= 15 is 0 Å². The smallest absolute Gasteiger partial charge is 0.0589 e. The third-order valence-electron chi connectivity index (χ3n) is 5.70. The van der Waals surface area contributed by atoms with Gasteiger partial charge in [0.05, 0.1) is 6.61 Å². The molecule has 1 rings (SSSR count). The van der Waals surface area contributed by atoms with Gasteiger partial charge in [0.1, 0.15) is 0 Å². The fourth-order valence-corrected chi connectivity index (χ4v) is 3.60. The van der Waals surface area contributed by atoms with Crippen molar-refractivity contribution in [3.63, 3.8) is 0 Å². The van der Waals surface area contributed by atoms with Crippen molar-refractivity contribution in [3.05, 3.63) is 0 Å². The van der Waals surface area contributed by atoms with Crippen molar-refractivity contribution in [2.24, 2.45) is 11.3 Å². The molecule has 0 spiro atoms. The summed E-state index contributed by atoms with van der Waals surface area (Å²) in [7, 11) is 4.07. The third kappa shape index (κ3) is 5.54. The number of hydrogen-bond donors (Lipinski definition) is 1. The molecule has 1 fully saturated rings. The van der Waals surface area contributed by atoms with Crippen LogP contribution in [0.1, 0.15) is 59.8 Å². The molecule has 1 saturated carbocycles. The number of methoxy groups -OCH3 is 1. The lowest BCUT2D eigenvalue weighted by atomic mass is 9.67. The maximum absolute atomic E-state index is 5.27. The van der Waals surface area contributed by atoms with Crippen molar-refractivity contribution < 1.29 is 4.74 Å². The normalized spacial score (nSPS) is 27.3. The minimum atomic E-state index is 0.468. The summed E-state index contributed by atoms with van der Waals surface area (Å²) in [5.74, 6) is 0.845. The summed E-state index contributed by atoms with van der Waals surface area (Å²) < 4.78 is 5.27. The quantitative estimate of drug-likeness (QED) is 0.704. The van der Waals surface area contributed by atoms with E-state index in [1.165, 1.54) is 32.1 Å². The SMILES string of the molecule is CCCNC1CCC(C(C)(C)CC)CC1N(C)CCOC.